The van der Waals surface area contributed by atoms with Gasteiger partial charge in [-0.05, 0) is 24.1 Å². The van der Waals surface area contributed by atoms with Crippen LogP contribution in [0.25, 0.3) is 0 Å². The number of aryl methyl sites for hydroxylation is 1. The molecule has 114 valence electrons. The highest BCUT2D eigenvalue weighted by Gasteiger charge is 2.20. The largest absolute Gasteiger partial charge is 0.493 e. The summed E-state index contributed by atoms with van der Waals surface area (Å²) >= 11 is 0. The number of ether oxygens (including phenoxy) is 2. The molecule has 0 radical (unpaired) electrons. The summed E-state index contributed by atoms with van der Waals surface area (Å²) in [6.45, 7) is 1.27. The Bertz CT molecular complexity index is 530. The second-order valence-corrected chi connectivity index (χ2v) is 4.85. The van der Waals surface area contributed by atoms with Crippen LogP contribution in [0.4, 0.5) is 0 Å². The molecule has 0 aromatic heterocycles. The number of methoxy groups -OCH3 is 2. The molecule has 1 N–H and O–H groups in total. The van der Waals surface area contributed by atoms with Gasteiger partial charge in [-0.2, -0.15) is 0 Å². The highest BCUT2D eigenvalue weighted by molar-refractivity contribution is 5.86. The van der Waals surface area contributed by atoms with Gasteiger partial charge < -0.3 is 19.7 Å². The lowest BCUT2D eigenvalue weighted by molar-refractivity contribution is -0.138. The maximum Gasteiger partial charge on any atom is 0.239 e. The van der Waals surface area contributed by atoms with Gasteiger partial charge in [0, 0.05) is 19.5 Å². The third-order valence-corrected chi connectivity index (χ3v) is 3.47. The third-order valence-electron chi connectivity index (χ3n) is 3.47. The summed E-state index contributed by atoms with van der Waals surface area (Å²) in [4.78, 5) is 25.0. The average Bonchev–Trinajstić information content (AvgIpc) is 2.52. The highest BCUT2D eigenvalue weighted by Crippen LogP contribution is 2.28. The SMILES string of the molecule is COc1ccc(CCC(=O)N2CCNC(=O)C2)cc1OC. The molecule has 2 amide bonds. The molecule has 0 aliphatic carbocycles. The van der Waals surface area contributed by atoms with Crippen molar-refractivity contribution in [2.75, 3.05) is 33.9 Å². The van der Waals surface area contributed by atoms with Gasteiger partial charge in [-0.25, -0.2) is 0 Å². The fourth-order valence-corrected chi connectivity index (χ4v) is 2.30. The molecule has 2 rings (SSSR count). The lowest BCUT2D eigenvalue weighted by atomic mass is 10.1. The maximum absolute atomic E-state index is 12.1. The van der Waals surface area contributed by atoms with Crippen LogP contribution >= 0.6 is 0 Å². The number of rotatable bonds is 5. The van der Waals surface area contributed by atoms with Crippen molar-refractivity contribution in [3.05, 3.63) is 23.8 Å². The molecule has 0 unspecified atom stereocenters. The van der Waals surface area contributed by atoms with E-state index in [4.69, 9.17) is 9.47 Å². The van der Waals surface area contributed by atoms with E-state index in [1.807, 2.05) is 18.2 Å². The molecule has 0 saturated carbocycles. The number of benzene rings is 1. The minimum Gasteiger partial charge on any atom is -0.493 e. The standard InChI is InChI=1S/C15H20N2O4/c1-20-12-5-3-11(9-13(12)21-2)4-6-15(19)17-8-7-16-14(18)10-17/h3,5,9H,4,6-8,10H2,1-2H3,(H,16,18). The predicted octanol–water partition coefficient (Wildman–Crippen LogP) is 0.595. The Kier molecular flexibility index (Phi) is 5.03. The molecule has 0 bridgehead atoms. The fraction of sp³-hybridized carbons (Fsp3) is 0.467. The number of hydrogen-bond acceptors (Lipinski definition) is 4. The summed E-state index contributed by atoms with van der Waals surface area (Å²) in [7, 11) is 3.17. The van der Waals surface area contributed by atoms with E-state index in [1.54, 1.807) is 19.1 Å². The van der Waals surface area contributed by atoms with Crippen molar-refractivity contribution >= 4 is 11.8 Å². The zero-order chi connectivity index (χ0) is 15.2. The van der Waals surface area contributed by atoms with E-state index >= 15 is 0 Å². The molecule has 1 aliphatic rings. The first-order chi connectivity index (χ1) is 10.1. The van der Waals surface area contributed by atoms with Crippen LogP contribution in [0.5, 0.6) is 11.5 Å². The molecule has 1 aliphatic heterocycles. The van der Waals surface area contributed by atoms with Crippen LogP contribution < -0.4 is 14.8 Å². The molecule has 1 heterocycles. The normalized spacial score (nSPS) is 14.6. The number of nitrogens with one attached hydrogen (secondary N) is 1. The summed E-state index contributed by atoms with van der Waals surface area (Å²) in [5, 5.41) is 2.71. The lowest BCUT2D eigenvalue weighted by Crippen LogP contribution is -2.50. The fourth-order valence-electron chi connectivity index (χ4n) is 2.30. The zero-order valence-electron chi connectivity index (χ0n) is 12.3. The molecule has 21 heavy (non-hydrogen) atoms. The quantitative estimate of drug-likeness (QED) is 0.862. The summed E-state index contributed by atoms with van der Waals surface area (Å²) in [5.74, 6) is 1.22. The van der Waals surface area contributed by atoms with E-state index in [2.05, 4.69) is 5.32 Å². The maximum atomic E-state index is 12.1. The monoisotopic (exact) mass is 292 g/mol. The van der Waals surface area contributed by atoms with E-state index in [0.717, 1.165) is 5.56 Å². The Balaban J connectivity index is 1.93. The molecule has 6 heteroatoms. The number of piperazine rings is 1. The first-order valence-corrected chi connectivity index (χ1v) is 6.89. The van der Waals surface area contributed by atoms with Gasteiger partial charge in [-0.15, -0.1) is 0 Å². The molecule has 1 aromatic rings. The first kappa shape index (κ1) is 15.2. The minimum atomic E-state index is -0.0966. The topological polar surface area (TPSA) is 67.9 Å². The van der Waals surface area contributed by atoms with Gasteiger partial charge in [-0.3, -0.25) is 9.59 Å². The van der Waals surface area contributed by atoms with Crippen LogP contribution in [-0.4, -0.2) is 50.6 Å². The molecule has 0 atom stereocenters. The van der Waals surface area contributed by atoms with Crippen LogP contribution in [0, 0.1) is 0 Å². The van der Waals surface area contributed by atoms with Crippen molar-refractivity contribution in [3.8, 4) is 11.5 Å². The number of carbonyl (C=O) groups is 2. The molecule has 1 aromatic carbocycles. The Morgan fingerprint density at radius 2 is 2.05 bits per heavy atom. The average molecular weight is 292 g/mol. The Labute approximate surface area is 124 Å². The molecule has 0 spiro atoms. The van der Waals surface area contributed by atoms with Crippen molar-refractivity contribution in [2.24, 2.45) is 0 Å². The van der Waals surface area contributed by atoms with Gasteiger partial charge in [0.2, 0.25) is 11.8 Å². The molecule has 1 saturated heterocycles. The summed E-state index contributed by atoms with van der Waals surface area (Å²) in [6.07, 6.45) is 0.986. The van der Waals surface area contributed by atoms with E-state index in [0.29, 0.717) is 37.4 Å². The van der Waals surface area contributed by atoms with Crippen LogP contribution in [0.1, 0.15) is 12.0 Å². The van der Waals surface area contributed by atoms with E-state index < -0.39 is 0 Å². The van der Waals surface area contributed by atoms with Gasteiger partial charge in [0.15, 0.2) is 11.5 Å². The van der Waals surface area contributed by atoms with Crippen molar-refractivity contribution in [3.63, 3.8) is 0 Å². The Morgan fingerprint density at radius 3 is 2.71 bits per heavy atom. The molecule has 6 nitrogen and oxygen atoms in total. The smallest absolute Gasteiger partial charge is 0.239 e. The summed E-state index contributed by atoms with van der Waals surface area (Å²) in [6, 6.07) is 5.61. The van der Waals surface area contributed by atoms with Gasteiger partial charge in [0.25, 0.3) is 0 Å². The van der Waals surface area contributed by atoms with Crippen LogP contribution in [0.15, 0.2) is 18.2 Å². The van der Waals surface area contributed by atoms with Crippen LogP contribution in [0.2, 0.25) is 0 Å². The van der Waals surface area contributed by atoms with E-state index in [9.17, 15) is 9.59 Å². The Hall–Kier alpha value is -2.24. The molecular weight excluding hydrogens is 272 g/mol. The van der Waals surface area contributed by atoms with Gasteiger partial charge in [0.05, 0.1) is 20.8 Å². The molecular formula is C15H20N2O4. The third kappa shape index (κ3) is 3.87. The van der Waals surface area contributed by atoms with Crippen molar-refractivity contribution in [2.45, 2.75) is 12.8 Å². The van der Waals surface area contributed by atoms with Gasteiger partial charge in [-0.1, -0.05) is 6.07 Å². The number of nitrogens with zero attached hydrogens (tertiary/aromatic N) is 1. The molecule has 1 fully saturated rings. The van der Waals surface area contributed by atoms with E-state index in [1.165, 1.54) is 0 Å². The van der Waals surface area contributed by atoms with Crippen molar-refractivity contribution < 1.29 is 19.1 Å². The lowest BCUT2D eigenvalue weighted by Gasteiger charge is -2.26. The van der Waals surface area contributed by atoms with Gasteiger partial charge in [0.1, 0.15) is 0 Å². The second-order valence-electron chi connectivity index (χ2n) is 4.85. The number of carbonyl (C=O) groups excluding carboxylic acids is 2. The summed E-state index contributed by atoms with van der Waals surface area (Å²) in [5.41, 5.74) is 1.00. The van der Waals surface area contributed by atoms with Gasteiger partial charge >= 0.3 is 0 Å². The van der Waals surface area contributed by atoms with E-state index in [-0.39, 0.29) is 18.4 Å². The first-order valence-electron chi connectivity index (χ1n) is 6.89. The highest BCUT2D eigenvalue weighted by atomic mass is 16.5. The minimum absolute atomic E-state index is 0.000338. The summed E-state index contributed by atoms with van der Waals surface area (Å²) < 4.78 is 10.4. The van der Waals surface area contributed by atoms with Crippen LogP contribution in [0.3, 0.4) is 0 Å². The zero-order valence-corrected chi connectivity index (χ0v) is 12.3. The second kappa shape index (κ2) is 6.97. The predicted molar refractivity (Wildman–Crippen MR) is 77.5 cm³/mol. The van der Waals surface area contributed by atoms with Crippen molar-refractivity contribution in [1.29, 1.82) is 0 Å². The number of hydrogen-bond donors (Lipinski definition) is 1. The Morgan fingerprint density at radius 1 is 1.29 bits per heavy atom. The van der Waals surface area contributed by atoms with Crippen LogP contribution in [-0.2, 0) is 16.0 Å². The number of amides is 2. The van der Waals surface area contributed by atoms with Crippen molar-refractivity contribution in [1.82, 2.24) is 10.2 Å².